The van der Waals surface area contributed by atoms with Crippen molar-refractivity contribution >= 4 is 5.97 Å². The lowest BCUT2D eigenvalue weighted by Gasteiger charge is -2.35. The van der Waals surface area contributed by atoms with Crippen LogP contribution in [0, 0.1) is 5.92 Å². The number of methoxy groups -OCH3 is 4. The first-order chi connectivity index (χ1) is 13.4. The molecule has 0 fully saturated rings. The lowest BCUT2D eigenvalue weighted by molar-refractivity contribution is -0.146. The van der Waals surface area contributed by atoms with Crippen molar-refractivity contribution in [1.29, 1.82) is 0 Å². The molecular formula is C21H24O7. The molecule has 2 N–H and O–H groups in total. The van der Waals surface area contributed by atoms with Gasteiger partial charge < -0.3 is 29.2 Å². The Kier molecular flexibility index (Phi) is 5.65. The molecular weight excluding hydrogens is 364 g/mol. The molecule has 0 spiro atoms. The van der Waals surface area contributed by atoms with Gasteiger partial charge in [0.2, 0.25) is 0 Å². The molecule has 3 rings (SSSR count). The molecule has 0 unspecified atom stereocenters. The maximum Gasteiger partial charge on any atom is 0.310 e. The van der Waals surface area contributed by atoms with E-state index in [4.69, 9.17) is 18.9 Å². The largest absolute Gasteiger partial charge is 0.493 e. The van der Waals surface area contributed by atoms with E-state index in [1.807, 2.05) is 0 Å². The first kappa shape index (κ1) is 19.8. The third-order valence-corrected chi connectivity index (χ3v) is 5.24. The monoisotopic (exact) mass is 388 g/mol. The van der Waals surface area contributed by atoms with Gasteiger partial charge in [-0.1, -0.05) is 6.07 Å². The summed E-state index contributed by atoms with van der Waals surface area (Å²) >= 11 is 0. The van der Waals surface area contributed by atoms with Gasteiger partial charge in [-0.15, -0.1) is 0 Å². The van der Waals surface area contributed by atoms with E-state index in [2.05, 4.69) is 0 Å². The molecule has 7 nitrogen and oxygen atoms in total. The van der Waals surface area contributed by atoms with Crippen molar-refractivity contribution in [1.82, 2.24) is 0 Å². The summed E-state index contributed by atoms with van der Waals surface area (Å²) in [5, 5.41) is 20.5. The Labute approximate surface area is 163 Å². The molecule has 0 heterocycles. The topological polar surface area (TPSA) is 94.5 Å². The number of aliphatic hydroxyl groups is 1. The van der Waals surface area contributed by atoms with Crippen molar-refractivity contribution in [3.8, 4) is 23.0 Å². The van der Waals surface area contributed by atoms with E-state index in [-0.39, 0.29) is 6.42 Å². The number of hydrogen-bond donors (Lipinski definition) is 2. The zero-order chi connectivity index (χ0) is 20.4. The van der Waals surface area contributed by atoms with Crippen molar-refractivity contribution in [2.75, 3.05) is 28.4 Å². The van der Waals surface area contributed by atoms with Gasteiger partial charge in [0.25, 0.3) is 0 Å². The molecule has 0 amide bonds. The Bertz CT molecular complexity index is 877. The van der Waals surface area contributed by atoms with Crippen LogP contribution in [0.1, 0.15) is 22.6 Å². The molecule has 1 aliphatic rings. The average Bonchev–Trinajstić information content (AvgIpc) is 2.70. The van der Waals surface area contributed by atoms with Crippen molar-refractivity contribution in [2.45, 2.75) is 18.4 Å². The van der Waals surface area contributed by atoms with Crippen LogP contribution in [0.15, 0.2) is 30.3 Å². The number of carboxylic acid groups (broad SMARTS) is 1. The minimum atomic E-state index is -1.06. The van der Waals surface area contributed by atoms with Crippen LogP contribution in [0.4, 0.5) is 0 Å². The van der Waals surface area contributed by atoms with Crippen molar-refractivity contribution < 1.29 is 34.0 Å². The fraction of sp³-hybridized carbons (Fsp3) is 0.381. The Morgan fingerprint density at radius 1 is 0.893 bits per heavy atom. The quantitative estimate of drug-likeness (QED) is 0.785. The second-order valence-electron chi connectivity index (χ2n) is 6.63. The van der Waals surface area contributed by atoms with E-state index in [1.165, 1.54) is 28.4 Å². The van der Waals surface area contributed by atoms with Crippen molar-refractivity contribution in [2.24, 2.45) is 5.92 Å². The summed E-state index contributed by atoms with van der Waals surface area (Å²) in [6.07, 6.45) is -0.822. The van der Waals surface area contributed by atoms with Crippen LogP contribution in [0.3, 0.4) is 0 Å². The Balaban J connectivity index is 2.23. The maximum atomic E-state index is 12.0. The first-order valence-corrected chi connectivity index (χ1v) is 8.82. The van der Waals surface area contributed by atoms with Crippen LogP contribution in [-0.4, -0.2) is 50.7 Å². The van der Waals surface area contributed by atoms with Gasteiger partial charge >= 0.3 is 5.97 Å². The SMILES string of the molecule is COc1ccc([C@@H]2c3cc(OC)c(OC)cc3C[C@H](O)[C@@H]2C(=O)O)cc1OC. The minimum absolute atomic E-state index is 0.219. The summed E-state index contributed by atoms with van der Waals surface area (Å²) in [6, 6.07) is 8.85. The number of hydrogen-bond acceptors (Lipinski definition) is 6. The Morgan fingerprint density at radius 3 is 2.04 bits per heavy atom. The molecule has 0 bridgehead atoms. The third kappa shape index (κ3) is 3.33. The van der Waals surface area contributed by atoms with Crippen molar-refractivity contribution in [3.05, 3.63) is 47.0 Å². The molecule has 2 aromatic carbocycles. The molecule has 0 aliphatic heterocycles. The van der Waals surface area contributed by atoms with Crippen LogP contribution in [0.2, 0.25) is 0 Å². The molecule has 0 saturated heterocycles. The lowest BCUT2D eigenvalue weighted by atomic mass is 9.70. The number of aliphatic carboxylic acids is 1. The first-order valence-electron chi connectivity index (χ1n) is 8.82. The van der Waals surface area contributed by atoms with Gasteiger partial charge in [-0.2, -0.15) is 0 Å². The Hall–Kier alpha value is -2.93. The molecule has 0 radical (unpaired) electrons. The second-order valence-corrected chi connectivity index (χ2v) is 6.63. The average molecular weight is 388 g/mol. The Morgan fingerprint density at radius 2 is 1.46 bits per heavy atom. The van der Waals surface area contributed by atoms with Crippen LogP contribution in [0.5, 0.6) is 23.0 Å². The number of benzene rings is 2. The summed E-state index contributed by atoms with van der Waals surface area (Å²) in [6.45, 7) is 0. The fourth-order valence-electron chi connectivity index (χ4n) is 3.91. The molecule has 0 saturated carbocycles. The summed E-state index contributed by atoms with van der Waals surface area (Å²) in [4.78, 5) is 12.0. The van der Waals surface area contributed by atoms with E-state index in [9.17, 15) is 15.0 Å². The summed E-state index contributed by atoms with van der Waals surface area (Å²) < 4.78 is 21.4. The number of aliphatic hydroxyl groups excluding tert-OH is 1. The number of ether oxygens (including phenoxy) is 4. The summed E-state index contributed by atoms with van der Waals surface area (Å²) in [7, 11) is 6.12. The molecule has 7 heteroatoms. The highest BCUT2D eigenvalue weighted by Crippen LogP contribution is 2.46. The van der Waals surface area contributed by atoms with Crippen LogP contribution in [0.25, 0.3) is 0 Å². The molecule has 2 aromatic rings. The van der Waals surface area contributed by atoms with Gasteiger partial charge in [0.15, 0.2) is 23.0 Å². The van der Waals surface area contributed by atoms with E-state index in [0.29, 0.717) is 28.6 Å². The highest BCUT2D eigenvalue weighted by Gasteiger charge is 2.42. The molecule has 3 atom stereocenters. The molecule has 1 aliphatic carbocycles. The highest BCUT2D eigenvalue weighted by atomic mass is 16.5. The zero-order valence-electron chi connectivity index (χ0n) is 16.3. The van der Waals surface area contributed by atoms with Crippen LogP contribution >= 0.6 is 0 Å². The number of carboxylic acids is 1. The van der Waals surface area contributed by atoms with E-state index < -0.39 is 23.9 Å². The second kappa shape index (κ2) is 7.98. The normalized spacial score (nSPS) is 20.8. The van der Waals surface area contributed by atoms with Gasteiger partial charge in [0, 0.05) is 5.92 Å². The standard InChI is InChI=1S/C21H24O7/c1-25-15-6-5-11(8-16(15)26-2)19-13-10-18(28-4)17(27-3)9-12(13)7-14(22)20(19)21(23)24/h5-6,8-10,14,19-20,22H,7H2,1-4H3,(H,23,24)/t14-,19+,20-/m0/s1. The molecule has 150 valence electrons. The lowest BCUT2D eigenvalue weighted by Crippen LogP contribution is -2.39. The minimum Gasteiger partial charge on any atom is -0.493 e. The predicted octanol–water partition coefficient (Wildman–Crippen LogP) is 2.47. The van der Waals surface area contributed by atoms with Gasteiger partial charge in [-0.25, -0.2) is 0 Å². The molecule has 0 aromatic heterocycles. The fourth-order valence-corrected chi connectivity index (χ4v) is 3.91. The van der Waals surface area contributed by atoms with Crippen molar-refractivity contribution in [3.63, 3.8) is 0 Å². The molecule has 28 heavy (non-hydrogen) atoms. The van der Waals surface area contributed by atoms with Crippen LogP contribution in [-0.2, 0) is 11.2 Å². The maximum absolute atomic E-state index is 12.0. The number of carbonyl (C=O) groups is 1. The summed E-state index contributed by atoms with van der Waals surface area (Å²) in [5.74, 6) is -0.582. The van der Waals surface area contributed by atoms with Gasteiger partial charge in [0.05, 0.1) is 40.5 Å². The van der Waals surface area contributed by atoms with E-state index in [0.717, 1.165) is 11.1 Å². The predicted molar refractivity (Wildman–Crippen MR) is 102 cm³/mol. The van der Waals surface area contributed by atoms with Gasteiger partial charge in [-0.05, 0) is 47.4 Å². The number of fused-ring (bicyclic) bond motifs is 1. The van der Waals surface area contributed by atoms with E-state index >= 15 is 0 Å². The van der Waals surface area contributed by atoms with Crippen LogP contribution < -0.4 is 18.9 Å². The van der Waals surface area contributed by atoms with E-state index in [1.54, 1.807) is 30.3 Å². The third-order valence-electron chi connectivity index (χ3n) is 5.24. The van der Waals surface area contributed by atoms with Gasteiger partial charge in [-0.3, -0.25) is 4.79 Å². The zero-order valence-corrected chi connectivity index (χ0v) is 16.3. The highest BCUT2D eigenvalue weighted by molar-refractivity contribution is 5.75. The smallest absolute Gasteiger partial charge is 0.310 e. The number of rotatable bonds is 6. The van der Waals surface area contributed by atoms with Gasteiger partial charge in [0.1, 0.15) is 0 Å². The summed E-state index contributed by atoms with van der Waals surface area (Å²) in [5.41, 5.74) is 2.31.